The van der Waals surface area contributed by atoms with Crippen molar-refractivity contribution in [3.63, 3.8) is 0 Å². The van der Waals surface area contributed by atoms with E-state index in [9.17, 15) is 4.79 Å². The summed E-state index contributed by atoms with van der Waals surface area (Å²) in [5.74, 6) is 0.823. The largest absolute Gasteiger partial charge is 0.310 e. The summed E-state index contributed by atoms with van der Waals surface area (Å²) in [6.45, 7) is 0. The number of benzene rings is 2. The Morgan fingerprint density at radius 3 is 2.27 bits per heavy atom. The number of anilines is 1. The highest BCUT2D eigenvalue weighted by atomic mass is 32.2. The lowest BCUT2D eigenvalue weighted by atomic mass is 10.0. The summed E-state index contributed by atoms with van der Waals surface area (Å²) >= 11 is 1.27. The van der Waals surface area contributed by atoms with Crippen LogP contribution in [-0.4, -0.2) is 36.6 Å². The number of nitrogens with zero attached hydrogens (tertiary/aromatic N) is 5. The van der Waals surface area contributed by atoms with E-state index < -0.39 is 0 Å². The molecule has 5 rings (SSSR count). The maximum Gasteiger partial charge on any atom is 0.235 e. The Labute approximate surface area is 196 Å². The molecule has 1 aliphatic rings. The van der Waals surface area contributed by atoms with Gasteiger partial charge in [0.25, 0.3) is 0 Å². The molecule has 0 saturated heterocycles. The molecule has 0 bridgehead atoms. The Kier molecular flexibility index (Phi) is 6.44. The number of nitrogens with one attached hydrogen (secondary N) is 1. The van der Waals surface area contributed by atoms with E-state index in [1.165, 1.54) is 24.6 Å². The second-order valence-corrected chi connectivity index (χ2v) is 8.90. The normalized spacial score (nSPS) is 13.8. The van der Waals surface area contributed by atoms with Crippen LogP contribution in [0.5, 0.6) is 0 Å². The number of rotatable bonds is 7. The summed E-state index contributed by atoms with van der Waals surface area (Å²) in [6, 6.07) is 22.0. The van der Waals surface area contributed by atoms with Crippen molar-refractivity contribution in [2.75, 3.05) is 11.1 Å². The van der Waals surface area contributed by atoms with Crippen LogP contribution >= 0.6 is 11.8 Å². The van der Waals surface area contributed by atoms with Crippen LogP contribution in [0.25, 0.3) is 22.5 Å². The molecule has 1 amide bonds. The minimum Gasteiger partial charge on any atom is -0.310 e. The van der Waals surface area contributed by atoms with Crippen molar-refractivity contribution in [2.45, 2.75) is 36.9 Å². The average Bonchev–Trinajstić information content (AvgIpc) is 3.56. The molecule has 2 aromatic heterocycles. The second-order valence-electron chi connectivity index (χ2n) is 7.96. The van der Waals surface area contributed by atoms with Crippen molar-refractivity contribution in [1.82, 2.24) is 25.0 Å². The second kappa shape index (κ2) is 9.95. The van der Waals surface area contributed by atoms with Gasteiger partial charge >= 0.3 is 0 Å². The third-order valence-corrected chi connectivity index (χ3v) is 6.54. The number of aromatic nitrogens is 5. The van der Waals surface area contributed by atoms with Crippen LogP contribution in [0, 0.1) is 0 Å². The predicted octanol–water partition coefficient (Wildman–Crippen LogP) is 5.25. The standard InChI is InChI=1S/C25H24N6OS/c32-22(27-21-15-16-26-31(21)20-13-7-8-14-20)17-33-25-28-23(18-9-3-1-4-10-18)24(29-30-25)19-11-5-2-6-12-19/h1-6,9-12,15-16,20H,7-8,13-14,17H2,(H,27,32). The lowest BCUT2D eigenvalue weighted by Gasteiger charge is -2.14. The fourth-order valence-corrected chi connectivity index (χ4v) is 4.71. The monoisotopic (exact) mass is 456 g/mol. The van der Waals surface area contributed by atoms with Crippen molar-refractivity contribution in [3.8, 4) is 22.5 Å². The third kappa shape index (κ3) is 4.96. The molecular weight excluding hydrogens is 432 g/mol. The first-order valence-corrected chi connectivity index (χ1v) is 12.1. The zero-order valence-electron chi connectivity index (χ0n) is 18.1. The van der Waals surface area contributed by atoms with Gasteiger partial charge in [-0.3, -0.25) is 4.79 Å². The fraction of sp³-hybridized carbons (Fsp3) is 0.240. The maximum atomic E-state index is 12.6. The van der Waals surface area contributed by atoms with E-state index in [0.29, 0.717) is 11.2 Å². The van der Waals surface area contributed by atoms with Gasteiger partial charge in [0.15, 0.2) is 0 Å². The Morgan fingerprint density at radius 1 is 0.909 bits per heavy atom. The van der Waals surface area contributed by atoms with Crippen molar-refractivity contribution < 1.29 is 4.79 Å². The van der Waals surface area contributed by atoms with E-state index in [4.69, 9.17) is 4.98 Å². The van der Waals surface area contributed by atoms with E-state index in [-0.39, 0.29) is 11.7 Å². The summed E-state index contributed by atoms with van der Waals surface area (Å²) in [7, 11) is 0. The van der Waals surface area contributed by atoms with Crippen LogP contribution in [0.15, 0.2) is 78.1 Å². The van der Waals surface area contributed by atoms with Crippen LogP contribution in [0.2, 0.25) is 0 Å². The molecule has 2 heterocycles. The summed E-state index contributed by atoms with van der Waals surface area (Å²) in [6.07, 6.45) is 6.37. The molecule has 0 unspecified atom stereocenters. The topological polar surface area (TPSA) is 85.6 Å². The summed E-state index contributed by atoms with van der Waals surface area (Å²) in [4.78, 5) is 17.4. The Balaban J connectivity index is 1.32. The molecule has 1 N–H and O–H groups in total. The van der Waals surface area contributed by atoms with E-state index in [1.54, 1.807) is 6.20 Å². The number of thioether (sulfide) groups is 1. The molecule has 2 aromatic carbocycles. The highest BCUT2D eigenvalue weighted by molar-refractivity contribution is 7.99. The number of amides is 1. The highest BCUT2D eigenvalue weighted by Gasteiger charge is 2.21. The van der Waals surface area contributed by atoms with E-state index in [0.717, 1.165) is 41.2 Å². The molecule has 33 heavy (non-hydrogen) atoms. The molecule has 166 valence electrons. The molecule has 1 saturated carbocycles. The van der Waals surface area contributed by atoms with Gasteiger partial charge in [0, 0.05) is 17.2 Å². The van der Waals surface area contributed by atoms with Crippen molar-refractivity contribution in [1.29, 1.82) is 0 Å². The van der Waals surface area contributed by atoms with Crippen LogP contribution in [-0.2, 0) is 4.79 Å². The van der Waals surface area contributed by atoms with Crippen LogP contribution in [0.1, 0.15) is 31.7 Å². The zero-order chi connectivity index (χ0) is 22.5. The first kappa shape index (κ1) is 21.3. The van der Waals surface area contributed by atoms with Gasteiger partial charge in [-0.25, -0.2) is 9.67 Å². The summed E-state index contributed by atoms with van der Waals surface area (Å²) in [5.41, 5.74) is 3.37. The first-order chi connectivity index (χ1) is 16.3. The zero-order valence-corrected chi connectivity index (χ0v) is 18.9. The van der Waals surface area contributed by atoms with Gasteiger partial charge in [-0.05, 0) is 12.8 Å². The third-order valence-electron chi connectivity index (χ3n) is 5.70. The van der Waals surface area contributed by atoms with Crippen molar-refractivity contribution in [3.05, 3.63) is 72.9 Å². The number of carbonyl (C=O) groups excluding carboxylic acids is 1. The Bertz CT molecular complexity index is 1220. The quantitative estimate of drug-likeness (QED) is 0.382. The number of hydrogen-bond donors (Lipinski definition) is 1. The van der Waals surface area contributed by atoms with E-state index in [1.807, 2.05) is 71.4 Å². The van der Waals surface area contributed by atoms with Gasteiger partial charge in [-0.1, -0.05) is 85.3 Å². The van der Waals surface area contributed by atoms with Crippen LogP contribution in [0.3, 0.4) is 0 Å². The molecule has 0 aliphatic heterocycles. The molecular formula is C25H24N6OS. The van der Waals surface area contributed by atoms with Gasteiger partial charge in [-0.15, -0.1) is 10.2 Å². The summed E-state index contributed by atoms with van der Waals surface area (Å²) in [5, 5.41) is 16.6. The molecule has 4 aromatic rings. The summed E-state index contributed by atoms with van der Waals surface area (Å²) < 4.78 is 1.94. The molecule has 1 aliphatic carbocycles. The van der Waals surface area contributed by atoms with Crippen molar-refractivity contribution in [2.24, 2.45) is 0 Å². The Morgan fingerprint density at radius 2 is 1.58 bits per heavy atom. The van der Waals surface area contributed by atoms with Crippen molar-refractivity contribution >= 4 is 23.5 Å². The molecule has 1 fully saturated rings. The first-order valence-electron chi connectivity index (χ1n) is 11.1. The smallest absolute Gasteiger partial charge is 0.235 e. The molecule has 0 atom stereocenters. The van der Waals surface area contributed by atoms with E-state index in [2.05, 4.69) is 20.6 Å². The molecule has 7 nitrogen and oxygen atoms in total. The SMILES string of the molecule is O=C(CSc1nnc(-c2ccccc2)c(-c2ccccc2)n1)Nc1ccnn1C1CCCC1. The lowest BCUT2D eigenvalue weighted by Crippen LogP contribution is -2.19. The maximum absolute atomic E-state index is 12.6. The predicted molar refractivity (Wildman–Crippen MR) is 130 cm³/mol. The number of carbonyl (C=O) groups is 1. The number of hydrogen-bond acceptors (Lipinski definition) is 6. The average molecular weight is 457 g/mol. The van der Waals surface area contributed by atoms with Gasteiger partial charge in [0.1, 0.15) is 17.2 Å². The Hall–Kier alpha value is -3.52. The van der Waals surface area contributed by atoms with Gasteiger partial charge in [0.05, 0.1) is 18.0 Å². The van der Waals surface area contributed by atoms with Gasteiger partial charge in [-0.2, -0.15) is 5.10 Å². The fourth-order valence-electron chi connectivity index (χ4n) is 4.12. The molecule has 8 heteroatoms. The van der Waals surface area contributed by atoms with Crippen LogP contribution < -0.4 is 5.32 Å². The molecule has 0 radical (unpaired) electrons. The van der Waals surface area contributed by atoms with Crippen LogP contribution in [0.4, 0.5) is 5.82 Å². The molecule has 0 spiro atoms. The highest BCUT2D eigenvalue weighted by Crippen LogP contribution is 2.32. The van der Waals surface area contributed by atoms with E-state index >= 15 is 0 Å². The lowest BCUT2D eigenvalue weighted by molar-refractivity contribution is -0.113. The van der Waals surface area contributed by atoms with Gasteiger partial charge < -0.3 is 5.32 Å². The van der Waals surface area contributed by atoms with Gasteiger partial charge in [0.2, 0.25) is 11.1 Å². The minimum atomic E-state index is -0.114. The minimum absolute atomic E-state index is 0.114.